The Labute approximate surface area is 235 Å². The molecule has 8 nitrogen and oxygen atoms in total. The minimum Gasteiger partial charge on any atom is -0.493 e. The highest BCUT2D eigenvalue weighted by molar-refractivity contribution is 7.99. The minimum absolute atomic E-state index is 0.178. The van der Waals surface area contributed by atoms with Gasteiger partial charge in [0.2, 0.25) is 11.1 Å². The van der Waals surface area contributed by atoms with Crippen LogP contribution in [-0.2, 0) is 16.1 Å². The third kappa shape index (κ3) is 7.15. The summed E-state index contributed by atoms with van der Waals surface area (Å²) in [5, 5.41) is 8.75. The van der Waals surface area contributed by atoms with Crippen molar-refractivity contribution in [3.8, 4) is 11.5 Å². The summed E-state index contributed by atoms with van der Waals surface area (Å²) < 4.78 is 19.3. The molecule has 0 radical (unpaired) electrons. The van der Waals surface area contributed by atoms with E-state index in [-0.39, 0.29) is 6.61 Å². The number of hydrogen-bond acceptors (Lipinski definition) is 8. The van der Waals surface area contributed by atoms with Crippen LogP contribution in [0.4, 0.5) is 5.95 Å². The number of ether oxygens (including phenoxy) is 3. The molecule has 0 bridgehead atoms. The SMILES string of the molecule is CCCCSc1nc2n(n1)C(c1ccc(OCCC(C)C)c(OC)c1)C(C(=O)OCc1ccccc1)=C(C)N2. The van der Waals surface area contributed by atoms with Crippen LogP contribution >= 0.6 is 11.8 Å². The number of nitrogens with one attached hydrogen (secondary N) is 1. The van der Waals surface area contributed by atoms with Crippen LogP contribution in [0.3, 0.4) is 0 Å². The second kappa shape index (κ2) is 13.6. The van der Waals surface area contributed by atoms with E-state index in [0.717, 1.165) is 36.1 Å². The van der Waals surface area contributed by atoms with Crippen molar-refractivity contribution in [1.82, 2.24) is 14.8 Å². The number of fused-ring (bicyclic) bond motifs is 1. The Morgan fingerprint density at radius 1 is 1.15 bits per heavy atom. The normalized spacial score (nSPS) is 14.7. The number of methoxy groups -OCH3 is 1. The Morgan fingerprint density at radius 3 is 2.67 bits per heavy atom. The molecule has 0 saturated carbocycles. The molecule has 9 heteroatoms. The summed E-state index contributed by atoms with van der Waals surface area (Å²) in [6, 6.07) is 14.9. The van der Waals surface area contributed by atoms with Gasteiger partial charge in [0.1, 0.15) is 12.6 Å². The van der Waals surface area contributed by atoms with E-state index < -0.39 is 12.0 Å². The first-order valence-corrected chi connectivity index (χ1v) is 14.5. The summed E-state index contributed by atoms with van der Waals surface area (Å²) >= 11 is 1.61. The lowest BCUT2D eigenvalue weighted by molar-refractivity contribution is -0.140. The van der Waals surface area contributed by atoms with Crippen molar-refractivity contribution in [3.63, 3.8) is 0 Å². The predicted molar refractivity (Wildman–Crippen MR) is 154 cm³/mol. The summed E-state index contributed by atoms with van der Waals surface area (Å²) in [6.45, 7) is 9.14. The van der Waals surface area contributed by atoms with Gasteiger partial charge in [-0.15, -0.1) is 5.10 Å². The van der Waals surface area contributed by atoms with Crippen LogP contribution in [0.2, 0.25) is 0 Å². The molecular formula is C30H38N4O4S. The van der Waals surface area contributed by atoms with E-state index in [1.54, 1.807) is 23.6 Å². The van der Waals surface area contributed by atoms with Gasteiger partial charge in [0.05, 0.1) is 19.3 Å². The van der Waals surface area contributed by atoms with Gasteiger partial charge in [-0.3, -0.25) is 0 Å². The highest BCUT2D eigenvalue weighted by Crippen LogP contribution is 2.40. The second-order valence-electron chi connectivity index (χ2n) is 9.93. The zero-order valence-corrected chi connectivity index (χ0v) is 24.2. The number of esters is 1. The maximum Gasteiger partial charge on any atom is 0.338 e. The van der Waals surface area contributed by atoms with E-state index in [1.807, 2.05) is 55.5 Å². The fraction of sp³-hybridized carbons (Fsp3) is 0.433. The quantitative estimate of drug-likeness (QED) is 0.144. The molecule has 1 aliphatic heterocycles. The number of thioether (sulfide) groups is 1. The van der Waals surface area contributed by atoms with Gasteiger partial charge >= 0.3 is 5.97 Å². The Kier molecular flexibility index (Phi) is 9.92. The molecule has 1 atom stereocenters. The maximum atomic E-state index is 13.6. The molecule has 1 N–H and O–H groups in total. The molecule has 0 saturated heterocycles. The highest BCUT2D eigenvalue weighted by Gasteiger charge is 2.36. The first-order chi connectivity index (χ1) is 18.9. The van der Waals surface area contributed by atoms with Gasteiger partial charge in [-0.05, 0) is 48.9 Å². The number of carbonyl (C=O) groups is 1. The van der Waals surface area contributed by atoms with Crippen molar-refractivity contribution in [3.05, 3.63) is 70.9 Å². The maximum absolute atomic E-state index is 13.6. The molecule has 1 aliphatic rings. The molecule has 1 aromatic heterocycles. The topological polar surface area (TPSA) is 87.5 Å². The summed E-state index contributed by atoms with van der Waals surface area (Å²) in [4.78, 5) is 18.3. The zero-order valence-electron chi connectivity index (χ0n) is 23.4. The van der Waals surface area contributed by atoms with Gasteiger partial charge in [-0.25, -0.2) is 9.48 Å². The number of carbonyl (C=O) groups excluding carboxylic acids is 1. The fourth-order valence-electron chi connectivity index (χ4n) is 4.25. The monoisotopic (exact) mass is 550 g/mol. The molecule has 2 aromatic carbocycles. The smallest absolute Gasteiger partial charge is 0.338 e. The average molecular weight is 551 g/mol. The van der Waals surface area contributed by atoms with Crippen LogP contribution in [0.15, 0.2) is 65.0 Å². The lowest BCUT2D eigenvalue weighted by atomic mass is 9.95. The Morgan fingerprint density at radius 2 is 1.95 bits per heavy atom. The molecular weight excluding hydrogens is 512 g/mol. The van der Waals surface area contributed by atoms with Gasteiger partial charge < -0.3 is 19.5 Å². The van der Waals surface area contributed by atoms with Gasteiger partial charge in [0.15, 0.2) is 11.5 Å². The van der Waals surface area contributed by atoms with Gasteiger partial charge in [0, 0.05) is 11.4 Å². The average Bonchev–Trinajstić information content (AvgIpc) is 3.33. The van der Waals surface area contributed by atoms with Crippen molar-refractivity contribution < 1.29 is 19.0 Å². The Balaban J connectivity index is 1.68. The van der Waals surface area contributed by atoms with E-state index in [9.17, 15) is 4.79 Å². The van der Waals surface area contributed by atoms with Crippen LogP contribution in [-0.4, -0.2) is 40.2 Å². The summed E-state index contributed by atoms with van der Waals surface area (Å²) in [6.07, 6.45) is 3.12. The predicted octanol–water partition coefficient (Wildman–Crippen LogP) is 6.64. The molecule has 0 amide bonds. The van der Waals surface area contributed by atoms with Crippen LogP contribution in [0.5, 0.6) is 11.5 Å². The Hall–Kier alpha value is -3.46. The number of benzene rings is 2. The van der Waals surface area contributed by atoms with E-state index in [1.165, 1.54) is 0 Å². The third-order valence-corrected chi connectivity index (χ3v) is 7.37. The van der Waals surface area contributed by atoms with Crippen LogP contribution in [0.25, 0.3) is 0 Å². The molecule has 0 spiro atoms. The number of rotatable bonds is 13. The molecule has 0 aliphatic carbocycles. The third-order valence-electron chi connectivity index (χ3n) is 6.45. The molecule has 39 heavy (non-hydrogen) atoms. The van der Waals surface area contributed by atoms with Crippen molar-refractivity contribution in [2.24, 2.45) is 5.92 Å². The fourth-order valence-corrected chi connectivity index (χ4v) is 5.16. The largest absolute Gasteiger partial charge is 0.493 e. The molecule has 0 fully saturated rings. The minimum atomic E-state index is -0.545. The van der Waals surface area contributed by atoms with E-state index in [0.29, 0.717) is 46.4 Å². The lowest BCUT2D eigenvalue weighted by Crippen LogP contribution is -2.29. The Bertz CT molecular complexity index is 1290. The van der Waals surface area contributed by atoms with Crippen molar-refractivity contribution in [2.75, 3.05) is 24.8 Å². The standard InChI is InChI=1S/C30H38N4O4S/c1-6-7-17-39-30-32-29-31-21(4)26(28(35)38-19-22-11-9-8-10-12-22)27(34(29)33-30)23-13-14-24(25(18-23)36-5)37-16-15-20(2)3/h8-14,18,20,27H,6-7,15-17,19H2,1-5H3,(H,31,32,33). The number of nitrogens with zero attached hydrogens (tertiary/aromatic N) is 3. The van der Waals surface area contributed by atoms with Crippen molar-refractivity contribution >= 4 is 23.7 Å². The molecule has 3 aromatic rings. The molecule has 1 unspecified atom stereocenters. The van der Waals surface area contributed by atoms with Crippen molar-refractivity contribution in [1.29, 1.82) is 0 Å². The van der Waals surface area contributed by atoms with E-state index in [2.05, 4.69) is 26.1 Å². The number of allylic oxidation sites excluding steroid dienone is 1. The summed E-state index contributed by atoms with van der Waals surface area (Å²) in [7, 11) is 1.62. The lowest BCUT2D eigenvalue weighted by Gasteiger charge is -2.28. The number of hydrogen-bond donors (Lipinski definition) is 1. The van der Waals surface area contributed by atoms with Crippen LogP contribution < -0.4 is 14.8 Å². The van der Waals surface area contributed by atoms with Crippen LogP contribution in [0, 0.1) is 5.92 Å². The van der Waals surface area contributed by atoms with E-state index >= 15 is 0 Å². The molecule has 208 valence electrons. The number of unbranched alkanes of at least 4 members (excludes halogenated alkanes) is 1. The molecule has 2 heterocycles. The van der Waals surface area contributed by atoms with Crippen LogP contribution in [0.1, 0.15) is 64.1 Å². The second-order valence-corrected chi connectivity index (χ2v) is 11.0. The van der Waals surface area contributed by atoms with Gasteiger partial charge in [-0.2, -0.15) is 4.98 Å². The number of anilines is 1. The van der Waals surface area contributed by atoms with Gasteiger partial charge in [0.25, 0.3) is 0 Å². The van der Waals surface area contributed by atoms with Gasteiger partial charge in [-0.1, -0.05) is 75.4 Å². The first-order valence-electron chi connectivity index (χ1n) is 13.5. The first kappa shape index (κ1) is 28.5. The molecule has 4 rings (SSSR count). The summed E-state index contributed by atoms with van der Waals surface area (Å²) in [5.74, 6) is 2.92. The highest BCUT2D eigenvalue weighted by atomic mass is 32.2. The van der Waals surface area contributed by atoms with E-state index in [4.69, 9.17) is 24.3 Å². The number of aromatic nitrogens is 3. The summed E-state index contributed by atoms with van der Waals surface area (Å²) in [5.41, 5.74) is 2.90. The van der Waals surface area contributed by atoms with Crippen molar-refractivity contribution in [2.45, 2.75) is 64.8 Å². The zero-order chi connectivity index (χ0) is 27.8.